The van der Waals surface area contributed by atoms with Gasteiger partial charge in [-0.25, -0.2) is 18.4 Å². The summed E-state index contributed by atoms with van der Waals surface area (Å²) >= 11 is 0. The van der Waals surface area contributed by atoms with E-state index in [1.54, 1.807) is 12.1 Å². The van der Waals surface area contributed by atoms with Crippen LogP contribution in [0.1, 0.15) is 47.2 Å². The zero-order valence-corrected chi connectivity index (χ0v) is 20.3. The number of hydrogen-bond acceptors (Lipinski definition) is 8. The molecule has 1 saturated heterocycles. The molecule has 0 radical (unpaired) electrons. The van der Waals surface area contributed by atoms with E-state index in [2.05, 4.69) is 30.9 Å². The topological polar surface area (TPSA) is 112 Å². The van der Waals surface area contributed by atoms with Crippen LogP contribution in [0.4, 0.5) is 36.4 Å². The van der Waals surface area contributed by atoms with Crippen molar-refractivity contribution in [3.05, 3.63) is 65.0 Å². The van der Waals surface area contributed by atoms with Crippen LogP contribution in [0.2, 0.25) is 0 Å². The lowest BCUT2D eigenvalue weighted by molar-refractivity contribution is -0.137. The maximum atomic E-state index is 13.7. The van der Waals surface area contributed by atoms with Crippen molar-refractivity contribution in [1.82, 2.24) is 20.3 Å². The molecule has 0 amide bonds. The molecule has 2 atom stereocenters. The van der Waals surface area contributed by atoms with Gasteiger partial charge in [-0.3, -0.25) is 4.31 Å². The first kappa shape index (κ1) is 24.3. The molecule has 2 aromatic heterocycles. The van der Waals surface area contributed by atoms with E-state index in [-0.39, 0.29) is 24.4 Å². The Kier molecular flexibility index (Phi) is 5.99. The molecule has 1 aromatic carbocycles. The summed E-state index contributed by atoms with van der Waals surface area (Å²) in [5, 5.41) is 9.22. The molecule has 0 aliphatic carbocycles. The molecule has 190 valence electrons. The van der Waals surface area contributed by atoms with E-state index < -0.39 is 27.6 Å². The van der Waals surface area contributed by atoms with Crippen molar-refractivity contribution in [3.63, 3.8) is 0 Å². The number of anilines is 4. The van der Waals surface area contributed by atoms with Gasteiger partial charge in [0.05, 0.1) is 6.26 Å². The lowest BCUT2D eigenvalue weighted by Gasteiger charge is -2.20. The molecule has 2 bridgehead atoms. The Morgan fingerprint density at radius 3 is 2.61 bits per heavy atom. The SMILES string of the molecule is CN(c1ncccc1CNc1nc(Nc2ccc3c(c2)C2CCC3N2)ncc1C(F)(F)F)S(C)(=O)=O. The van der Waals surface area contributed by atoms with E-state index in [9.17, 15) is 21.6 Å². The fourth-order valence-electron chi connectivity index (χ4n) is 4.61. The Bertz CT molecular complexity index is 1420. The van der Waals surface area contributed by atoms with Gasteiger partial charge in [-0.2, -0.15) is 18.2 Å². The Balaban J connectivity index is 1.41. The van der Waals surface area contributed by atoms with Crippen LogP contribution in [-0.4, -0.2) is 36.7 Å². The van der Waals surface area contributed by atoms with Gasteiger partial charge in [-0.15, -0.1) is 0 Å². The van der Waals surface area contributed by atoms with Gasteiger partial charge in [0.2, 0.25) is 16.0 Å². The van der Waals surface area contributed by atoms with Crippen LogP contribution in [0.3, 0.4) is 0 Å². The van der Waals surface area contributed by atoms with Crippen LogP contribution in [0, 0.1) is 0 Å². The summed E-state index contributed by atoms with van der Waals surface area (Å²) < 4.78 is 65.9. The van der Waals surface area contributed by atoms with Gasteiger partial charge in [0.1, 0.15) is 17.2 Å². The predicted molar refractivity (Wildman–Crippen MR) is 129 cm³/mol. The normalized spacial score (nSPS) is 18.7. The molecule has 36 heavy (non-hydrogen) atoms. The second-order valence-corrected chi connectivity index (χ2v) is 10.9. The maximum absolute atomic E-state index is 13.7. The molecule has 2 unspecified atom stereocenters. The van der Waals surface area contributed by atoms with Crippen molar-refractivity contribution in [3.8, 4) is 0 Å². The highest BCUT2D eigenvalue weighted by molar-refractivity contribution is 7.92. The van der Waals surface area contributed by atoms with Gasteiger partial charge in [0, 0.05) is 49.3 Å². The van der Waals surface area contributed by atoms with E-state index in [1.807, 2.05) is 18.2 Å². The minimum absolute atomic E-state index is 0.00114. The number of halogens is 3. The number of nitrogens with zero attached hydrogens (tertiary/aromatic N) is 4. The number of benzene rings is 1. The van der Waals surface area contributed by atoms with E-state index in [0.717, 1.165) is 29.6 Å². The Morgan fingerprint density at radius 1 is 1.14 bits per heavy atom. The third kappa shape index (κ3) is 4.67. The zero-order chi connectivity index (χ0) is 25.7. The van der Waals surface area contributed by atoms with Gasteiger partial charge in [-0.05, 0) is 42.2 Å². The predicted octanol–water partition coefficient (Wildman–Crippen LogP) is 4.12. The second-order valence-electron chi connectivity index (χ2n) is 8.84. The summed E-state index contributed by atoms with van der Waals surface area (Å²) in [6, 6.07) is 9.65. The minimum Gasteiger partial charge on any atom is -0.365 e. The van der Waals surface area contributed by atoms with Gasteiger partial charge in [0.25, 0.3) is 0 Å². The van der Waals surface area contributed by atoms with Crippen LogP contribution in [0.25, 0.3) is 0 Å². The van der Waals surface area contributed by atoms with Crippen LogP contribution >= 0.6 is 0 Å². The molecule has 9 nitrogen and oxygen atoms in total. The van der Waals surface area contributed by atoms with Crippen LogP contribution in [0.5, 0.6) is 0 Å². The van der Waals surface area contributed by atoms with Gasteiger partial charge in [0.15, 0.2) is 0 Å². The first-order valence-corrected chi connectivity index (χ1v) is 13.1. The van der Waals surface area contributed by atoms with Crippen molar-refractivity contribution >= 4 is 33.3 Å². The van der Waals surface area contributed by atoms with Crippen LogP contribution in [-0.2, 0) is 22.7 Å². The summed E-state index contributed by atoms with van der Waals surface area (Å²) in [4.78, 5) is 12.1. The number of hydrogen-bond donors (Lipinski definition) is 3. The Hall–Kier alpha value is -3.45. The average Bonchev–Trinajstić information content (AvgIpc) is 3.44. The summed E-state index contributed by atoms with van der Waals surface area (Å²) in [6.07, 6.45) is 0.606. The molecular formula is C23H24F3N7O2S. The number of aromatic nitrogens is 3. The number of fused-ring (bicyclic) bond motifs is 5. The minimum atomic E-state index is -4.69. The molecule has 3 aromatic rings. The highest BCUT2D eigenvalue weighted by atomic mass is 32.2. The van der Waals surface area contributed by atoms with Crippen molar-refractivity contribution in [2.45, 2.75) is 37.6 Å². The van der Waals surface area contributed by atoms with Gasteiger partial charge >= 0.3 is 6.18 Å². The Labute approximate surface area is 206 Å². The van der Waals surface area contributed by atoms with Crippen molar-refractivity contribution in [2.24, 2.45) is 0 Å². The largest absolute Gasteiger partial charge is 0.421 e. The molecule has 1 fully saturated rings. The quantitative estimate of drug-likeness (QED) is 0.428. The van der Waals surface area contributed by atoms with Crippen molar-refractivity contribution < 1.29 is 21.6 Å². The molecule has 5 rings (SSSR count). The van der Waals surface area contributed by atoms with Gasteiger partial charge in [-0.1, -0.05) is 12.1 Å². The number of alkyl halides is 3. The van der Waals surface area contributed by atoms with Crippen molar-refractivity contribution in [1.29, 1.82) is 0 Å². The van der Waals surface area contributed by atoms with Crippen LogP contribution < -0.4 is 20.3 Å². The molecule has 2 aliphatic heterocycles. The lowest BCUT2D eigenvalue weighted by atomic mass is 9.91. The summed E-state index contributed by atoms with van der Waals surface area (Å²) in [7, 11) is -2.29. The van der Waals surface area contributed by atoms with Crippen LogP contribution in [0.15, 0.2) is 42.7 Å². The maximum Gasteiger partial charge on any atom is 0.421 e. The monoisotopic (exact) mass is 519 g/mol. The molecule has 3 N–H and O–H groups in total. The number of pyridine rings is 1. The van der Waals surface area contributed by atoms with E-state index in [0.29, 0.717) is 17.3 Å². The number of rotatable bonds is 7. The molecule has 13 heteroatoms. The fourth-order valence-corrected chi connectivity index (χ4v) is 5.08. The number of nitrogens with one attached hydrogen (secondary N) is 3. The lowest BCUT2D eigenvalue weighted by Crippen LogP contribution is -2.27. The summed E-state index contributed by atoms with van der Waals surface area (Å²) in [5.41, 5.74) is 2.45. The highest BCUT2D eigenvalue weighted by Gasteiger charge is 2.37. The molecule has 4 heterocycles. The fraction of sp³-hybridized carbons (Fsp3) is 0.348. The Morgan fingerprint density at radius 2 is 1.89 bits per heavy atom. The molecule has 0 saturated carbocycles. The number of sulfonamides is 1. The summed E-state index contributed by atoms with van der Waals surface area (Å²) in [6.45, 7) is -0.143. The first-order chi connectivity index (χ1) is 17.0. The van der Waals surface area contributed by atoms with E-state index in [4.69, 9.17) is 0 Å². The second kappa shape index (κ2) is 8.89. The zero-order valence-electron chi connectivity index (χ0n) is 19.5. The average molecular weight is 520 g/mol. The third-order valence-corrected chi connectivity index (χ3v) is 7.61. The van der Waals surface area contributed by atoms with E-state index >= 15 is 0 Å². The summed E-state index contributed by atoms with van der Waals surface area (Å²) in [5.74, 6) is -0.325. The van der Waals surface area contributed by atoms with Gasteiger partial charge < -0.3 is 16.0 Å². The molecule has 2 aliphatic rings. The first-order valence-electron chi connectivity index (χ1n) is 11.2. The van der Waals surface area contributed by atoms with E-state index in [1.165, 1.54) is 24.4 Å². The standard InChI is InChI=1S/C23H24F3N7O2S/c1-33(36(2,34)35)21-13(4-3-9-27-21)11-28-20-17(23(24,25)26)12-29-22(32-20)30-14-5-6-15-16(10-14)19-8-7-18(15)31-19/h3-6,9-10,12,18-19,31H,7-8,11H2,1-2H3,(H2,28,29,30,32). The smallest absolute Gasteiger partial charge is 0.365 e. The highest BCUT2D eigenvalue weighted by Crippen LogP contribution is 2.45. The molecule has 0 spiro atoms. The third-order valence-electron chi connectivity index (χ3n) is 6.44. The van der Waals surface area contributed by atoms with Crippen molar-refractivity contribution in [2.75, 3.05) is 28.2 Å². The molecular weight excluding hydrogens is 495 g/mol.